The van der Waals surface area contributed by atoms with Gasteiger partial charge in [0.2, 0.25) is 0 Å². The average Bonchev–Trinajstić information content (AvgIpc) is 2.65. The van der Waals surface area contributed by atoms with Crippen molar-refractivity contribution in [3.05, 3.63) is 28.2 Å². The smallest absolute Gasteiger partial charge is 0.409 e. The average molecular weight is 224 g/mol. The molecule has 6 heteroatoms. The van der Waals surface area contributed by atoms with Crippen LogP contribution in [0.4, 0.5) is 10.5 Å². The van der Waals surface area contributed by atoms with Crippen LogP contribution in [0, 0.1) is 0 Å². The zero-order chi connectivity index (χ0) is 11.7. The van der Waals surface area contributed by atoms with Crippen molar-refractivity contribution in [1.29, 1.82) is 0 Å². The van der Waals surface area contributed by atoms with Crippen LogP contribution in [0.2, 0.25) is 0 Å². The zero-order valence-corrected chi connectivity index (χ0v) is 8.51. The molecule has 2 rings (SSSR count). The number of aryl methyl sites for hydroxylation is 1. The summed E-state index contributed by atoms with van der Waals surface area (Å²) in [5.74, 6) is 0. The molecule has 1 aliphatic rings. The first-order chi connectivity index (χ1) is 7.63. The first-order valence-electron chi connectivity index (χ1n) is 4.98. The van der Waals surface area contributed by atoms with Gasteiger partial charge in [0.05, 0.1) is 12.6 Å². The molecule has 0 aliphatic carbocycles. The van der Waals surface area contributed by atoms with E-state index in [1.807, 2.05) is 5.32 Å². The maximum absolute atomic E-state index is 11.9. The Labute approximate surface area is 91.1 Å². The summed E-state index contributed by atoms with van der Waals surface area (Å²) in [6.07, 6.45) is 0.173. The highest BCUT2D eigenvalue weighted by atomic mass is 16.4. The second-order valence-corrected chi connectivity index (χ2v) is 3.72. The summed E-state index contributed by atoms with van der Waals surface area (Å²) in [6, 6.07) is 2.93. The van der Waals surface area contributed by atoms with E-state index in [-0.39, 0.29) is 18.3 Å². The van der Waals surface area contributed by atoms with Crippen molar-refractivity contribution in [2.24, 2.45) is 0 Å². The molecule has 0 radical (unpaired) electrons. The van der Waals surface area contributed by atoms with Gasteiger partial charge in [0, 0.05) is 5.69 Å². The molecule has 1 amide bonds. The van der Waals surface area contributed by atoms with E-state index in [1.54, 1.807) is 6.07 Å². The first kappa shape index (κ1) is 10.7. The number of hydrogen-bond donors (Lipinski definition) is 3. The number of carboxylic acid groups (broad SMARTS) is 1. The zero-order valence-electron chi connectivity index (χ0n) is 8.51. The number of fused-ring (bicyclic) bond motifs is 1. The van der Waals surface area contributed by atoms with Crippen LogP contribution in [-0.4, -0.2) is 27.5 Å². The Morgan fingerprint density at radius 2 is 2.31 bits per heavy atom. The number of anilines is 1. The summed E-state index contributed by atoms with van der Waals surface area (Å²) >= 11 is 0. The summed E-state index contributed by atoms with van der Waals surface area (Å²) in [7, 11) is 0. The highest BCUT2D eigenvalue weighted by Crippen LogP contribution is 2.23. The normalized spacial score (nSPS) is 18.2. The number of amides is 1. The molecule has 3 N–H and O–H groups in total. The Hall–Kier alpha value is -1.82. The third-order valence-corrected chi connectivity index (χ3v) is 2.75. The van der Waals surface area contributed by atoms with Crippen LogP contribution in [0.15, 0.2) is 16.9 Å². The van der Waals surface area contributed by atoms with Gasteiger partial charge in [0.15, 0.2) is 0 Å². The second kappa shape index (κ2) is 3.97. The molecule has 1 aliphatic heterocycles. The van der Waals surface area contributed by atoms with Crippen LogP contribution < -0.4 is 10.9 Å². The standard InChI is InChI=1S/C10H12N2O4/c13-5-7-2-1-6-3-4-8(11-10(15)16)9(14)12(6)7/h3-4,7,11,13H,1-2,5H2,(H,15,16). The Kier molecular flexibility index (Phi) is 2.66. The van der Waals surface area contributed by atoms with E-state index in [9.17, 15) is 9.59 Å². The number of carbonyl (C=O) groups is 1. The summed E-state index contributed by atoms with van der Waals surface area (Å²) in [6.45, 7) is -0.108. The number of pyridine rings is 1. The molecule has 16 heavy (non-hydrogen) atoms. The van der Waals surface area contributed by atoms with E-state index in [1.165, 1.54) is 10.6 Å². The molecule has 0 aromatic carbocycles. The van der Waals surface area contributed by atoms with Crippen molar-refractivity contribution in [1.82, 2.24) is 4.57 Å². The predicted molar refractivity (Wildman–Crippen MR) is 56.8 cm³/mol. The van der Waals surface area contributed by atoms with Crippen molar-refractivity contribution >= 4 is 11.8 Å². The lowest BCUT2D eigenvalue weighted by atomic mass is 10.2. The molecule has 0 fully saturated rings. The van der Waals surface area contributed by atoms with Gasteiger partial charge in [0.25, 0.3) is 5.56 Å². The van der Waals surface area contributed by atoms with Crippen molar-refractivity contribution < 1.29 is 15.0 Å². The van der Waals surface area contributed by atoms with Gasteiger partial charge >= 0.3 is 6.09 Å². The first-order valence-corrected chi connectivity index (χ1v) is 4.98. The molecule has 1 aromatic rings. The largest absolute Gasteiger partial charge is 0.465 e. The van der Waals surface area contributed by atoms with Gasteiger partial charge in [-0.1, -0.05) is 0 Å². The number of aliphatic hydroxyl groups excluding tert-OH is 1. The van der Waals surface area contributed by atoms with Gasteiger partial charge in [-0.05, 0) is 25.0 Å². The van der Waals surface area contributed by atoms with Gasteiger partial charge in [-0.25, -0.2) is 4.79 Å². The minimum Gasteiger partial charge on any atom is -0.465 e. The number of rotatable bonds is 2. The quantitative estimate of drug-likeness (QED) is 0.678. The molecule has 1 unspecified atom stereocenters. The third-order valence-electron chi connectivity index (χ3n) is 2.75. The van der Waals surface area contributed by atoms with Gasteiger partial charge < -0.3 is 14.8 Å². The predicted octanol–water partition coefficient (Wildman–Crippen LogP) is 0.418. The Morgan fingerprint density at radius 1 is 1.56 bits per heavy atom. The maximum atomic E-state index is 11.9. The van der Waals surface area contributed by atoms with Crippen molar-refractivity contribution in [3.63, 3.8) is 0 Å². The molecule has 0 spiro atoms. The fraction of sp³-hybridized carbons (Fsp3) is 0.400. The molecule has 0 saturated carbocycles. The van der Waals surface area contributed by atoms with E-state index in [4.69, 9.17) is 10.2 Å². The lowest BCUT2D eigenvalue weighted by molar-refractivity contribution is 0.209. The Bertz CT molecular complexity index is 480. The van der Waals surface area contributed by atoms with E-state index in [0.29, 0.717) is 6.42 Å². The number of hydrogen-bond acceptors (Lipinski definition) is 3. The molecule has 6 nitrogen and oxygen atoms in total. The van der Waals surface area contributed by atoms with Gasteiger partial charge in [-0.3, -0.25) is 10.1 Å². The molecule has 0 saturated heterocycles. The number of aromatic nitrogens is 1. The molecule has 2 heterocycles. The highest BCUT2D eigenvalue weighted by Gasteiger charge is 2.23. The van der Waals surface area contributed by atoms with Crippen molar-refractivity contribution in [2.75, 3.05) is 11.9 Å². The second-order valence-electron chi connectivity index (χ2n) is 3.72. The lowest BCUT2D eigenvalue weighted by Crippen LogP contribution is -2.28. The molecule has 1 aromatic heterocycles. The van der Waals surface area contributed by atoms with Crippen LogP contribution in [-0.2, 0) is 6.42 Å². The number of nitrogens with zero attached hydrogens (tertiary/aromatic N) is 1. The van der Waals surface area contributed by atoms with Crippen LogP contribution in [0.25, 0.3) is 0 Å². The maximum Gasteiger partial charge on any atom is 0.409 e. The van der Waals surface area contributed by atoms with E-state index >= 15 is 0 Å². The van der Waals surface area contributed by atoms with Crippen LogP contribution in [0.1, 0.15) is 18.2 Å². The van der Waals surface area contributed by atoms with E-state index in [2.05, 4.69) is 0 Å². The third kappa shape index (κ3) is 1.67. The fourth-order valence-electron chi connectivity index (χ4n) is 2.02. The minimum atomic E-state index is -1.27. The topological polar surface area (TPSA) is 91.6 Å². The van der Waals surface area contributed by atoms with Crippen molar-refractivity contribution in [2.45, 2.75) is 18.9 Å². The van der Waals surface area contributed by atoms with Crippen LogP contribution >= 0.6 is 0 Å². The molecule has 86 valence electrons. The molecule has 0 bridgehead atoms. The number of nitrogens with one attached hydrogen (secondary N) is 1. The van der Waals surface area contributed by atoms with Crippen LogP contribution in [0.5, 0.6) is 0 Å². The lowest BCUT2D eigenvalue weighted by Gasteiger charge is -2.12. The van der Waals surface area contributed by atoms with Crippen LogP contribution in [0.3, 0.4) is 0 Å². The monoisotopic (exact) mass is 224 g/mol. The molecular formula is C10H12N2O4. The minimum absolute atomic E-state index is 0.0246. The van der Waals surface area contributed by atoms with E-state index < -0.39 is 11.7 Å². The fourth-order valence-corrected chi connectivity index (χ4v) is 2.02. The van der Waals surface area contributed by atoms with Gasteiger partial charge in [-0.15, -0.1) is 0 Å². The summed E-state index contributed by atoms with van der Waals surface area (Å²) in [5.41, 5.74) is 0.466. The SMILES string of the molecule is O=C(O)Nc1ccc2n(c1=O)C(CO)CC2. The molecule has 1 atom stereocenters. The van der Waals surface area contributed by atoms with Crippen molar-refractivity contribution in [3.8, 4) is 0 Å². The Balaban J connectivity index is 2.47. The molecular weight excluding hydrogens is 212 g/mol. The summed E-state index contributed by atoms with van der Waals surface area (Å²) in [4.78, 5) is 22.4. The number of aliphatic hydroxyl groups is 1. The summed E-state index contributed by atoms with van der Waals surface area (Å²) < 4.78 is 1.46. The van der Waals surface area contributed by atoms with E-state index in [0.717, 1.165) is 12.1 Å². The van der Waals surface area contributed by atoms with Gasteiger partial charge in [0.1, 0.15) is 5.69 Å². The van der Waals surface area contributed by atoms with Gasteiger partial charge in [-0.2, -0.15) is 0 Å². The highest BCUT2D eigenvalue weighted by molar-refractivity contribution is 5.82. The summed E-state index contributed by atoms with van der Waals surface area (Å²) in [5, 5.41) is 19.7. The Morgan fingerprint density at radius 3 is 2.94 bits per heavy atom.